The molecule has 0 aliphatic heterocycles. The van der Waals surface area contributed by atoms with Crippen molar-refractivity contribution in [2.75, 3.05) is 4.90 Å². The quantitative estimate of drug-likeness (QED) is 0.212. The van der Waals surface area contributed by atoms with Crippen LogP contribution in [0.1, 0.15) is 5.56 Å². The summed E-state index contributed by atoms with van der Waals surface area (Å²) in [6, 6.07) is 28.8. The summed E-state index contributed by atoms with van der Waals surface area (Å²) in [6.07, 6.45) is -0.204. The Hall–Kier alpha value is -3.91. The first-order valence-corrected chi connectivity index (χ1v) is 12.8. The van der Waals surface area contributed by atoms with Crippen molar-refractivity contribution in [3.63, 3.8) is 0 Å². The Labute approximate surface area is 233 Å². The van der Waals surface area contributed by atoms with Crippen LogP contribution in [0.2, 0.25) is 10.0 Å². The predicted molar refractivity (Wildman–Crippen MR) is 155 cm³/mol. The number of aliphatic carboxylic acids is 1. The summed E-state index contributed by atoms with van der Waals surface area (Å²) in [4.78, 5) is 27.1. The fourth-order valence-corrected chi connectivity index (χ4v) is 5.45. The van der Waals surface area contributed by atoms with Crippen LogP contribution in [0, 0.1) is 4.77 Å². The van der Waals surface area contributed by atoms with Crippen molar-refractivity contribution in [2.45, 2.75) is 13.1 Å². The number of carboxylic acid groups (broad SMARTS) is 1. The van der Waals surface area contributed by atoms with Crippen LogP contribution in [0.15, 0.2) is 102 Å². The van der Waals surface area contributed by atoms with E-state index in [2.05, 4.69) is 0 Å². The van der Waals surface area contributed by atoms with Gasteiger partial charge in [0, 0.05) is 5.69 Å². The van der Waals surface area contributed by atoms with Gasteiger partial charge in [-0.3, -0.25) is 18.7 Å². The van der Waals surface area contributed by atoms with Gasteiger partial charge in [-0.2, -0.15) is 0 Å². The number of carboxylic acids is 1. The van der Waals surface area contributed by atoms with Crippen LogP contribution >= 0.6 is 35.4 Å². The van der Waals surface area contributed by atoms with E-state index in [1.807, 2.05) is 64.1 Å². The van der Waals surface area contributed by atoms with E-state index in [1.54, 1.807) is 42.5 Å². The zero-order valence-corrected chi connectivity index (χ0v) is 22.2. The third-order valence-electron chi connectivity index (χ3n) is 6.18. The van der Waals surface area contributed by atoms with Gasteiger partial charge in [0.2, 0.25) is 0 Å². The lowest BCUT2D eigenvalue weighted by Crippen LogP contribution is -2.29. The van der Waals surface area contributed by atoms with Gasteiger partial charge in [0.1, 0.15) is 6.67 Å². The van der Waals surface area contributed by atoms with Gasteiger partial charge in [-0.25, -0.2) is 0 Å². The molecule has 1 N–H and O–H groups in total. The molecule has 0 aliphatic rings. The van der Waals surface area contributed by atoms with Crippen LogP contribution in [0.25, 0.3) is 16.6 Å². The van der Waals surface area contributed by atoms with Gasteiger partial charge in [0.15, 0.2) is 4.77 Å². The molecule has 0 radical (unpaired) electrons. The van der Waals surface area contributed by atoms with Crippen LogP contribution in [0.4, 0.5) is 11.4 Å². The largest absolute Gasteiger partial charge is 0.481 e. The normalized spacial score (nSPS) is 11.0. The first-order valence-electron chi connectivity index (χ1n) is 11.7. The van der Waals surface area contributed by atoms with Crippen molar-refractivity contribution in [2.24, 2.45) is 0 Å². The summed E-state index contributed by atoms with van der Waals surface area (Å²) >= 11 is 19.3. The molecule has 1 heterocycles. The van der Waals surface area contributed by atoms with E-state index in [-0.39, 0.29) is 23.4 Å². The van der Waals surface area contributed by atoms with Crippen molar-refractivity contribution < 1.29 is 9.90 Å². The van der Waals surface area contributed by atoms with Gasteiger partial charge in [0.05, 0.1) is 38.7 Å². The Kier molecular flexibility index (Phi) is 7.33. The lowest BCUT2D eigenvalue weighted by atomic mass is 10.1. The summed E-state index contributed by atoms with van der Waals surface area (Å²) in [5.74, 6) is -0.970. The van der Waals surface area contributed by atoms with Gasteiger partial charge < -0.3 is 10.0 Å². The second kappa shape index (κ2) is 10.8. The predicted octanol–water partition coefficient (Wildman–Crippen LogP) is 7.25. The maximum Gasteiger partial charge on any atom is 0.307 e. The topological polar surface area (TPSA) is 67.5 Å². The number of nitrogens with zero attached hydrogens (tertiary/aromatic N) is 3. The van der Waals surface area contributed by atoms with Crippen LogP contribution in [-0.2, 0) is 17.9 Å². The summed E-state index contributed by atoms with van der Waals surface area (Å²) in [5.41, 5.74) is 2.70. The highest BCUT2D eigenvalue weighted by Crippen LogP contribution is 2.40. The molecule has 0 fully saturated rings. The minimum absolute atomic E-state index is 0.104. The number of hydrogen-bond acceptors (Lipinski definition) is 4. The summed E-state index contributed by atoms with van der Waals surface area (Å²) in [5, 5.41) is 10.8. The van der Waals surface area contributed by atoms with Crippen molar-refractivity contribution in [1.29, 1.82) is 0 Å². The van der Waals surface area contributed by atoms with Gasteiger partial charge in [0.25, 0.3) is 5.56 Å². The SMILES string of the molecule is O=C(O)Cc1ccccc1N(Cn1c(=S)n(-c2ccccc2)c(=O)c2ccccc21)c1c(Cl)cccc1Cl. The lowest BCUT2D eigenvalue weighted by molar-refractivity contribution is -0.136. The fourth-order valence-electron chi connectivity index (χ4n) is 4.50. The molecule has 0 spiro atoms. The van der Waals surface area contributed by atoms with Crippen molar-refractivity contribution >= 4 is 63.7 Å². The number of fused-ring (bicyclic) bond motifs is 1. The first kappa shape index (κ1) is 25.7. The average molecular weight is 562 g/mol. The molecule has 0 saturated carbocycles. The van der Waals surface area contributed by atoms with E-state index >= 15 is 0 Å². The summed E-state index contributed by atoms with van der Waals surface area (Å²) < 4.78 is 3.59. The third kappa shape index (κ3) is 4.84. The fraction of sp³-hybridized carbons (Fsp3) is 0.0690. The van der Waals surface area contributed by atoms with E-state index in [0.29, 0.717) is 43.6 Å². The molecule has 4 aromatic carbocycles. The van der Waals surface area contributed by atoms with E-state index in [9.17, 15) is 14.7 Å². The molecular weight excluding hydrogens is 541 g/mol. The van der Waals surface area contributed by atoms with Crippen LogP contribution in [-0.4, -0.2) is 20.2 Å². The molecule has 0 amide bonds. The van der Waals surface area contributed by atoms with E-state index < -0.39 is 5.97 Å². The second-order valence-corrected chi connectivity index (χ2v) is 9.72. The number of aromatic nitrogens is 2. The van der Waals surface area contributed by atoms with Crippen molar-refractivity contribution in [1.82, 2.24) is 9.13 Å². The highest BCUT2D eigenvalue weighted by Gasteiger charge is 2.22. The zero-order chi connectivity index (χ0) is 26.8. The van der Waals surface area contributed by atoms with Crippen LogP contribution < -0.4 is 10.5 Å². The molecule has 9 heteroatoms. The number of halogens is 2. The lowest BCUT2D eigenvalue weighted by Gasteiger charge is -2.30. The van der Waals surface area contributed by atoms with Crippen molar-refractivity contribution in [3.8, 4) is 5.69 Å². The standard InChI is InChI=1S/C29H21Cl2N3O3S/c30-22-13-8-14-23(31)27(22)32(24-15-6-4-9-19(24)17-26(35)36)18-33-25-16-7-5-12-21(25)28(37)34(29(33)38)20-10-2-1-3-11-20/h1-16H,17-18H2,(H,35,36). The number of hydrogen-bond donors (Lipinski definition) is 1. The molecule has 0 atom stereocenters. The molecule has 0 bridgehead atoms. The Morgan fingerprint density at radius 1 is 0.842 bits per heavy atom. The highest BCUT2D eigenvalue weighted by atomic mass is 35.5. The molecule has 5 rings (SSSR count). The molecule has 0 unspecified atom stereocenters. The van der Waals surface area contributed by atoms with E-state index in [0.717, 1.165) is 0 Å². The Morgan fingerprint density at radius 2 is 1.47 bits per heavy atom. The van der Waals surface area contributed by atoms with Gasteiger partial charge >= 0.3 is 5.97 Å². The van der Waals surface area contributed by atoms with Gasteiger partial charge in [-0.1, -0.05) is 77.8 Å². The minimum atomic E-state index is -0.970. The molecule has 5 aromatic rings. The Morgan fingerprint density at radius 3 is 2.18 bits per heavy atom. The van der Waals surface area contributed by atoms with Gasteiger partial charge in [-0.05, 0) is 60.2 Å². The molecule has 6 nitrogen and oxygen atoms in total. The summed E-state index contributed by atoms with van der Waals surface area (Å²) in [7, 11) is 0. The Balaban J connectivity index is 1.81. The number of benzene rings is 4. The van der Waals surface area contributed by atoms with Gasteiger partial charge in [-0.15, -0.1) is 0 Å². The molecule has 0 saturated heterocycles. The third-order valence-corrected chi connectivity index (χ3v) is 7.19. The van der Waals surface area contributed by atoms with E-state index in [1.165, 1.54) is 4.57 Å². The van der Waals surface area contributed by atoms with Crippen LogP contribution in [0.3, 0.4) is 0 Å². The number of carbonyl (C=O) groups is 1. The number of para-hydroxylation sites is 4. The maximum absolute atomic E-state index is 13.6. The number of anilines is 2. The second-order valence-electron chi connectivity index (χ2n) is 8.54. The van der Waals surface area contributed by atoms with E-state index in [4.69, 9.17) is 35.4 Å². The smallest absolute Gasteiger partial charge is 0.307 e. The molecule has 0 aliphatic carbocycles. The molecule has 1 aromatic heterocycles. The molecule has 190 valence electrons. The summed E-state index contributed by atoms with van der Waals surface area (Å²) in [6.45, 7) is 0.104. The maximum atomic E-state index is 13.6. The Bertz CT molecular complexity index is 1760. The minimum Gasteiger partial charge on any atom is -0.481 e. The monoisotopic (exact) mass is 561 g/mol. The van der Waals surface area contributed by atoms with Crippen molar-refractivity contribution in [3.05, 3.63) is 128 Å². The average Bonchev–Trinajstić information content (AvgIpc) is 2.91. The molecular formula is C29H21Cl2N3O3S. The van der Waals surface area contributed by atoms with Crippen LogP contribution in [0.5, 0.6) is 0 Å². The number of rotatable bonds is 7. The molecule has 38 heavy (non-hydrogen) atoms. The zero-order valence-electron chi connectivity index (χ0n) is 19.9. The first-order chi connectivity index (χ1) is 18.4. The highest BCUT2D eigenvalue weighted by molar-refractivity contribution is 7.71.